The fraction of sp³-hybridized carbons (Fsp3) is 0.429. The zero-order valence-electron chi connectivity index (χ0n) is 23.3. The highest BCUT2D eigenvalue weighted by Gasteiger charge is 2.22. The molecule has 0 spiro atoms. The van der Waals surface area contributed by atoms with Crippen LogP contribution in [0.1, 0.15) is 75.9 Å². The number of carbonyl (C=O) groups excluding carboxylic acids is 1. The van der Waals surface area contributed by atoms with Crippen molar-refractivity contribution in [3.63, 3.8) is 0 Å². The molecule has 1 aliphatic rings. The van der Waals surface area contributed by atoms with Crippen molar-refractivity contribution in [2.75, 3.05) is 5.32 Å². The van der Waals surface area contributed by atoms with E-state index in [1.165, 1.54) is 23.6 Å². The largest absolute Gasteiger partial charge is 0.349 e. The van der Waals surface area contributed by atoms with Crippen LogP contribution in [0.15, 0.2) is 49.2 Å². The second-order valence-electron chi connectivity index (χ2n) is 9.22. The Labute approximate surface area is 228 Å². The Morgan fingerprint density at radius 2 is 1.82 bits per heavy atom. The third kappa shape index (κ3) is 8.98. The van der Waals surface area contributed by atoms with Crippen LogP contribution < -0.4 is 10.6 Å². The maximum absolute atomic E-state index is 13.0. The predicted octanol–water partition coefficient (Wildman–Crippen LogP) is 5.75. The molecule has 10 nitrogen and oxygen atoms in total. The number of amides is 1. The number of aryl methyl sites for hydroxylation is 2. The van der Waals surface area contributed by atoms with Gasteiger partial charge < -0.3 is 10.6 Å². The van der Waals surface area contributed by atoms with E-state index in [0.29, 0.717) is 5.82 Å². The Kier molecular flexibility index (Phi) is 11.1. The van der Waals surface area contributed by atoms with Crippen LogP contribution in [0.25, 0.3) is 5.82 Å². The van der Waals surface area contributed by atoms with Crippen molar-refractivity contribution in [3.8, 4) is 5.82 Å². The van der Waals surface area contributed by atoms with Gasteiger partial charge in [-0.05, 0) is 45.2 Å². The first kappa shape index (κ1) is 29.4. The number of halogens is 1. The number of carbonyl (C=O) groups is 1. The lowest BCUT2D eigenvalue weighted by Gasteiger charge is -2.23. The van der Waals surface area contributed by atoms with E-state index in [-0.39, 0.29) is 17.9 Å². The topological polar surface area (TPSA) is 126 Å². The molecule has 1 amide bonds. The van der Waals surface area contributed by atoms with E-state index >= 15 is 0 Å². The SMILES string of the molecule is CC.CC(NC(=O)C1CCCCC1)c1ccc(-n2cc(F)cn2)nc1.Cc1cc(Nc2cc(C)[nH]n2)ncn1. The minimum Gasteiger partial charge on any atom is -0.349 e. The number of H-pyrrole nitrogens is 1. The molecule has 0 aromatic carbocycles. The van der Waals surface area contributed by atoms with E-state index < -0.39 is 5.82 Å². The standard InChI is InChI=1S/C17H21FN4O.C9H11N5.C2H6/c1-12(21-17(23)13-5-3-2-4-6-13)14-7-8-16(19-9-14)22-11-15(18)10-20-22;1-6-3-8(11-5-10-6)12-9-4-7(2)13-14-9;1-2/h7-13H,2-6H2,1H3,(H,21,23);3-5H,1-2H3,(H2,10,11,12,13,14);1-2H3. The molecule has 0 aliphatic heterocycles. The van der Waals surface area contributed by atoms with Gasteiger partial charge in [-0.1, -0.05) is 39.2 Å². The molecule has 4 aromatic rings. The second-order valence-corrected chi connectivity index (χ2v) is 9.22. The van der Waals surface area contributed by atoms with Gasteiger partial charge in [0.2, 0.25) is 5.91 Å². The van der Waals surface area contributed by atoms with Crippen LogP contribution in [0.2, 0.25) is 0 Å². The number of nitrogens with one attached hydrogen (secondary N) is 3. The van der Waals surface area contributed by atoms with E-state index in [1.54, 1.807) is 12.3 Å². The normalized spacial score (nSPS) is 13.8. The molecule has 4 aromatic heterocycles. The molecule has 5 rings (SSSR count). The average molecular weight is 536 g/mol. The summed E-state index contributed by atoms with van der Waals surface area (Å²) in [5, 5.41) is 16.9. The van der Waals surface area contributed by atoms with Crippen LogP contribution in [0, 0.1) is 25.6 Å². The molecule has 1 saturated carbocycles. The van der Waals surface area contributed by atoms with Crippen LogP contribution in [0.5, 0.6) is 0 Å². The van der Waals surface area contributed by atoms with Gasteiger partial charge in [-0.3, -0.25) is 9.89 Å². The molecule has 11 heteroatoms. The summed E-state index contributed by atoms with van der Waals surface area (Å²) in [6.07, 6.45) is 11.1. The highest BCUT2D eigenvalue weighted by Crippen LogP contribution is 2.25. The molecular weight excluding hydrogens is 497 g/mol. The molecule has 1 fully saturated rings. The monoisotopic (exact) mass is 535 g/mol. The molecule has 0 saturated heterocycles. The van der Waals surface area contributed by atoms with Crippen LogP contribution in [-0.4, -0.2) is 40.8 Å². The lowest BCUT2D eigenvalue weighted by Crippen LogP contribution is -2.33. The Balaban J connectivity index is 0.000000224. The van der Waals surface area contributed by atoms with Crippen LogP contribution >= 0.6 is 0 Å². The summed E-state index contributed by atoms with van der Waals surface area (Å²) in [6.45, 7) is 9.82. The van der Waals surface area contributed by atoms with Gasteiger partial charge in [-0.2, -0.15) is 10.2 Å². The van der Waals surface area contributed by atoms with Gasteiger partial charge in [0, 0.05) is 35.6 Å². The van der Waals surface area contributed by atoms with Crippen molar-refractivity contribution in [2.24, 2.45) is 5.92 Å². The van der Waals surface area contributed by atoms with Gasteiger partial charge in [-0.15, -0.1) is 0 Å². The number of aromatic nitrogens is 7. The number of pyridine rings is 1. The number of rotatable bonds is 6. The van der Waals surface area contributed by atoms with Crippen LogP contribution in [-0.2, 0) is 4.79 Å². The average Bonchev–Trinajstić information content (AvgIpc) is 3.58. The summed E-state index contributed by atoms with van der Waals surface area (Å²) in [5.74, 6) is 1.94. The summed E-state index contributed by atoms with van der Waals surface area (Å²) < 4.78 is 14.4. The fourth-order valence-corrected chi connectivity index (χ4v) is 4.13. The molecule has 1 unspecified atom stereocenters. The Bertz CT molecular complexity index is 1300. The number of aromatic amines is 1. The van der Waals surface area contributed by atoms with E-state index in [9.17, 15) is 9.18 Å². The first-order valence-electron chi connectivity index (χ1n) is 13.4. The minimum atomic E-state index is -0.399. The third-order valence-corrected chi connectivity index (χ3v) is 6.16. The Hall–Kier alpha value is -4.15. The van der Waals surface area contributed by atoms with Crippen LogP contribution in [0.4, 0.5) is 16.0 Å². The predicted molar refractivity (Wildman–Crippen MR) is 149 cm³/mol. The van der Waals surface area contributed by atoms with E-state index in [0.717, 1.165) is 60.5 Å². The van der Waals surface area contributed by atoms with Gasteiger partial charge >= 0.3 is 0 Å². The van der Waals surface area contributed by atoms with Gasteiger partial charge in [0.1, 0.15) is 12.1 Å². The van der Waals surface area contributed by atoms with Gasteiger partial charge in [0.05, 0.1) is 18.4 Å². The molecule has 39 heavy (non-hydrogen) atoms. The van der Waals surface area contributed by atoms with E-state index in [1.807, 2.05) is 52.8 Å². The van der Waals surface area contributed by atoms with Crippen molar-refractivity contribution in [1.29, 1.82) is 0 Å². The Morgan fingerprint density at radius 1 is 1.05 bits per heavy atom. The molecule has 4 heterocycles. The summed E-state index contributed by atoms with van der Waals surface area (Å²) in [4.78, 5) is 24.6. The second kappa shape index (κ2) is 14.7. The first-order chi connectivity index (χ1) is 18.9. The summed E-state index contributed by atoms with van der Waals surface area (Å²) >= 11 is 0. The van der Waals surface area contributed by atoms with Crippen molar-refractivity contribution in [3.05, 3.63) is 72.0 Å². The minimum absolute atomic E-state index is 0.0969. The van der Waals surface area contributed by atoms with Crippen LogP contribution in [0.3, 0.4) is 0 Å². The number of hydrogen-bond donors (Lipinski definition) is 3. The van der Waals surface area contributed by atoms with Gasteiger partial charge in [0.15, 0.2) is 17.5 Å². The lowest BCUT2D eigenvalue weighted by atomic mass is 9.88. The molecule has 1 atom stereocenters. The van der Waals surface area contributed by atoms with Crippen molar-refractivity contribution < 1.29 is 9.18 Å². The number of hydrogen-bond acceptors (Lipinski definition) is 7. The first-order valence-corrected chi connectivity index (χ1v) is 13.4. The zero-order chi connectivity index (χ0) is 28.2. The lowest BCUT2D eigenvalue weighted by molar-refractivity contribution is -0.126. The summed E-state index contributed by atoms with van der Waals surface area (Å²) in [6, 6.07) is 7.33. The van der Waals surface area contributed by atoms with E-state index in [2.05, 4.69) is 40.9 Å². The Morgan fingerprint density at radius 3 is 2.41 bits per heavy atom. The zero-order valence-corrected chi connectivity index (χ0v) is 23.3. The molecular formula is C28H38FN9O. The maximum Gasteiger partial charge on any atom is 0.223 e. The molecule has 0 radical (unpaired) electrons. The third-order valence-electron chi connectivity index (χ3n) is 6.16. The molecule has 3 N–H and O–H groups in total. The molecule has 208 valence electrons. The molecule has 1 aliphatic carbocycles. The van der Waals surface area contributed by atoms with Crippen molar-refractivity contribution in [1.82, 2.24) is 40.2 Å². The van der Waals surface area contributed by atoms with Crippen molar-refractivity contribution in [2.45, 2.75) is 72.8 Å². The fourth-order valence-electron chi connectivity index (χ4n) is 4.13. The van der Waals surface area contributed by atoms with E-state index in [4.69, 9.17) is 0 Å². The highest BCUT2D eigenvalue weighted by molar-refractivity contribution is 5.79. The van der Waals surface area contributed by atoms with Gasteiger partial charge in [0.25, 0.3) is 0 Å². The quantitative estimate of drug-likeness (QED) is 0.287. The number of nitrogens with zero attached hydrogens (tertiary/aromatic N) is 6. The molecule has 0 bridgehead atoms. The smallest absolute Gasteiger partial charge is 0.223 e. The number of anilines is 2. The summed E-state index contributed by atoms with van der Waals surface area (Å²) in [7, 11) is 0. The summed E-state index contributed by atoms with van der Waals surface area (Å²) in [5.41, 5.74) is 2.86. The maximum atomic E-state index is 13.0. The van der Waals surface area contributed by atoms with Crippen molar-refractivity contribution >= 4 is 17.5 Å². The highest BCUT2D eigenvalue weighted by atomic mass is 19.1. The van der Waals surface area contributed by atoms with Gasteiger partial charge in [-0.25, -0.2) is 24.0 Å².